The molecule has 0 N–H and O–H groups in total. The van der Waals surface area contributed by atoms with E-state index < -0.39 is 0 Å². The topological polar surface area (TPSA) is 29.5 Å². The maximum atomic E-state index is 12.3. The summed E-state index contributed by atoms with van der Waals surface area (Å²) in [6.07, 6.45) is 3.52. The quantitative estimate of drug-likeness (QED) is 0.337. The summed E-state index contributed by atoms with van der Waals surface area (Å²) in [5.41, 5.74) is 2.03. The lowest BCUT2D eigenvalue weighted by molar-refractivity contribution is -0.121. The van der Waals surface area contributed by atoms with Crippen LogP contribution in [0.2, 0.25) is 0 Å². The van der Waals surface area contributed by atoms with Gasteiger partial charge in [0.2, 0.25) is 0 Å². The third kappa shape index (κ3) is 4.63. The number of carbonyl (C=O) groups excluding carboxylic acids is 1. The molecule has 0 bridgehead atoms. The lowest BCUT2D eigenvalue weighted by atomic mass is 10.2. The maximum Gasteiger partial charge on any atom is 0.266 e. The number of hydrogen-bond donors (Lipinski definition) is 0. The number of benzene rings is 2. The minimum atomic E-state index is -0.0736. The van der Waals surface area contributed by atoms with Gasteiger partial charge in [0.1, 0.15) is 16.7 Å². The molecule has 0 radical (unpaired) electrons. The largest absolute Gasteiger partial charge is 0.489 e. The van der Waals surface area contributed by atoms with Gasteiger partial charge in [-0.15, -0.1) is 6.58 Å². The van der Waals surface area contributed by atoms with Crippen molar-refractivity contribution in [3.05, 3.63) is 81.7 Å². The zero-order chi connectivity index (χ0) is 18.5. The molecule has 2 aromatic rings. The lowest BCUT2D eigenvalue weighted by Crippen LogP contribution is -2.27. The van der Waals surface area contributed by atoms with E-state index in [1.807, 2.05) is 54.6 Å². The molecule has 3 nitrogen and oxygen atoms in total. The van der Waals surface area contributed by atoms with Gasteiger partial charge in [0, 0.05) is 11.0 Å². The Morgan fingerprint density at radius 1 is 1.15 bits per heavy atom. The number of thioether (sulfide) groups is 1. The molecule has 1 aliphatic heterocycles. The average Bonchev–Trinajstić information content (AvgIpc) is 2.90. The van der Waals surface area contributed by atoms with Crippen molar-refractivity contribution in [3.8, 4) is 5.75 Å². The van der Waals surface area contributed by atoms with Crippen LogP contribution in [-0.4, -0.2) is 21.7 Å². The molecule has 2 aromatic carbocycles. The van der Waals surface area contributed by atoms with E-state index in [0.29, 0.717) is 22.4 Å². The molecular formula is C20H16BrNO2S2. The Bertz CT molecular complexity index is 860. The normalized spacial score (nSPS) is 15.6. The van der Waals surface area contributed by atoms with Crippen molar-refractivity contribution in [1.29, 1.82) is 0 Å². The minimum absolute atomic E-state index is 0.0736. The van der Waals surface area contributed by atoms with Crippen LogP contribution in [-0.2, 0) is 11.4 Å². The van der Waals surface area contributed by atoms with Crippen molar-refractivity contribution in [3.63, 3.8) is 0 Å². The third-order valence-electron chi connectivity index (χ3n) is 3.68. The van der Waals surface area contributed by atoms with Gasteiger partial charge in [-0.25, -0.2) is 0 Å². The summed E-state index contributed by atoms with van der Waals surface area (Å²) in [6.45, 7) is 4.60. The summed E-state index contributed by atoms with van der Waals surface area (Å²) in [7, 11) is 0. The van der Waals surface area contributed by atoms with Gasteiger partial charge in [-0.05, 0) is 41.5 Å². The second-order valence-electron chi connectivity index (χ2n) is 5.57. The first kappa shape index (κ1) is 18.9. The molecule has 0 aromatic heterocycles. The fourth-order valence-electron chi connectivity index (χ4n) is 2.35. The van der Waals surface area contributed by atoms with E-state index >= 15 is 0 Å². The van der Waals surface area contributed by atoms with Crippen LogP contribution in [0.5, 0.6) is 5.75 Å². The van der Waals surface area contributed by atoms with Crippen LogP contribution in [0.4, 0.5) is 0 Å². The first-order valence-electron chi connectivity index (χ1n) is 7.90. The highest BCUT2D eigenvalue weighted by Gasteiger charge is 2.30. The summed E-state index contributed by atoms with van der Waals surface area (Å²) < 4.78 is 7.41. The number of hydrogen-bond acceptors (Lipinski definition) is 4. The number of halogens is 1. The second kappa shape index (κ2) is 8.66. The zero-order valence-corrected chi connectivity index (χ0v) is 17.1. The SMILES string of the molecule is C=CCN1C(=O)C(=Cc2ccc(OCc3ccc(Br)cc3)cc2)SC1=S. The van der Waals surface area contributed by atoms with Crippen LogP contribution < -0.4 is 4.74 Å². The van der Waals surface area contributed by atoms with Gasteiger partial charge in [0.15, 0.2) is 0 Å². The third-order valence-corrected chi connectivity index (χ3v) is 5.59. The molecule has 0 saturated carbocycles. The number of thiocarbonyl (C=S) groups is 1. The zero-order valence-electron chi connectivity index (χ0n) is 13.9. The molecule has 1 saturated heterocycles. The number of rotatable bonds is 6. The van der Waals surface area contributed by atoms with Crippen molar-refractivity contribution < 1.29 is 9.53 Å². The Morgan fingerprint density at radius 2 is 1.85 bits per heavy atom. The van der Waals surface area contributed by atoms with Crippen LogP contribution in [0, 0.1) is 0 Å². The minimum Gasteiger partial charge on any atom is -0.489 e. The van der Waals surface area contributed by atoms with E-state index in [4.69, 9.17) is 17.0 Å². The molecule has 0 aliphatic carbocycles. The van der Waals surface area contributed by atoms with Crippen LogP contribution >= 0.6 is 39.9 Å². The summed E-state index contributed by atoms with van der Waals surface area (Å²) in [5, 5.41) is 0. The van der Waals surface area contributed by atoms with E-state index in [1.165, 1.54) is 11.8 Å². The van der Waals surface area contributed by atoms with E-state index in [1.54, 1.807) is 11.0 Å². The standard InChI is InChI=1S/C20H16BrNO2S2/c1-2-11-22-19(23)18(26-20(22)25)12-14-5-9-17(10-6-14)24-13-15-3-7-16(21)8-4-15/h2-10,12H,1,11,13H2. The molecule has 6 heteroatoms. The Labute approximate surface area is 170 Å². The molecule has 1 amide bonds. The van der Waals surface area contributed by atoms with Crippen molar-refractivity contribution >= 4 is 56.2 Å². The Balaban J connectivity index is 1.64. The van der Waals surface area contributed by atoms with E-state index in [2.05, 4.69) is 22.5 Å². The molecule has 132 valence electrons. The number of amides is 1. The van der Waals surface area contributed by atoms with Gasteiger partial charge in [-0.2, -0.15) is 0 Å². The molecule has 1 aliphatic rings. The summed E-state index contributed by atoms with van der Waals surface area (Å²) in [5.74, 6) is 0.708. The van der Waals surface area contributed by atoms with Crippen molar-refractivity contribution in [1.82, 2.24) is 4.90 Å². The van der Waals surface area contributed by atoms with Gasteiger partial charge in [0.25, 0.3) is 5.91 Å². The molecule has 1 heterocycles. The van der Waals surface area contributed by atoms with Gasteiger partial charge in [-0.1, -0.05) is 70.3 Å². The maximum absolute atomic E-state index is 12.3. The van der Waals surface area contributed by atoms with Crippen LogP contribution in [0.25, 0.3) is 6.08 Å². The molecule has 26 heavy (non-hydrogen) atoms. The fourth-order valence-corrected chi connectivity index (χ4v) is 3.88. The second-order valence-corrected chi connectivity index (χ2v) is 8.16. The lowest BCUT2D eigenvalue weighted by Gasteiger charge is -2.10. The van der Waals surface area contributed by atoms with Gasteiger partial charge in [0.05, 0.1) is 4.91 Å². The first-order chi connectivity index (χ1) is 12.6. The van der Waals surface area contributed by atoms with Gasteiger partial charge in [-0.3, -0.25) is 9.69 Å². The van der Waals surface area contributed by atoms with Crippen molar-refractivity contribution in [2.45, 2.75) is 6.61 Å². The monoisotopic (exact) mass is 445 g/mol. The highest BCUT2D eigenvalue weighted by atomic mass is 79.9. The molecule has 3 rings (SSSR count). The predicted octanol–water partition coefficient (Wildman–Crippen LogP) is 5.42. The van der Waals surface area contributed by atoms with Crippen LogP contribution in [0.1, 0.15) is 11.1 Å². The highest BCUT2D eigenvalue weighted by molar-refractivity contribution is 9.10. The number of ether oxygens (including phenoxy) is 1. The van der Waals surface area contributed by atoms with Crippen molar-refractivity contribution in [2.24, 2.45) is 0 Å². The summed E-state index contributed by atoms with van der Waals surface area (Å²) >= 11 is 9.98. The Kier molecular flexibility index (Phi) is 6.29. The molecular weight excluding hydrogens is 430 g/mol. The smallest absolute Gasteiger partial charge is 0.266 e. The van der Waals surface area contributed by atoms with E-state index in [-0.39, 0.29) is 5.91 Å². The van der Waals surface area contributed by atoms with E-state index in [0.717, 1.165) is 21.3 Å². The summed E-state index contributed by atoms with van der Waals surface area (Å²) in [6, 6.07) is 15.7. The average molecular weight is 446 g/mol. The predicted molar refractivity (Wildman–Crippen MR) is 115 cm³/mol. The van der Waals surface area contributed by atoms with Crippen LogP contribution in [0.15, 0.2) is 70.6 Å². The van der Waals surface area contributed by atoms with Crippen molar-refractivity contribution in [2.75, 3.05) is 6.54 Å². The number of carbonyl (C=O) groups is 1. The van der Waals surface area contributed by atoms with Crippen LogP contribution in [0.3, 0.4) is 0 Å². The molecule has 0 spiro atoms. The Morgan fingerprint density at radius 3 is 2.50 bits per heavy atom. The molecule has 1 fully saturated rings. The van der Waals surface area contributed by atoms with Gasteiger partial charge < -0.3 is 4.74 Å². The van der Waals surface area contributed by atoms with Gasteiger partial charge >= 0.3 is 0 Å². The van der Waals surface area contributed by atoms with E-state index in [9.17, 15) is 4.79 Å². The Hall–Kier alpha value is -1.89. The molecule has 0 unspecified atom stereocenters. The fraction of sp³-hybridized carbons (Fsp3) is 0.100. The molecule has 0 atom stereocenters. The number of nitrogens with zero attached hydrogens (tertiary/aromatic N) is 1. The first-order valence-corrected chi connectivity index (χ1v) is 9.92. The summed E-state index contributed by atoms with van der Waals surface area (Å²) in [4.78, 5) is 14.5. The highest BCUT2D eigenvalue weighted by Crippen LogP contribution is 2.32.